The first-order chi connectivity index (χ1) is 7.81. The lowest BCUT2D eigenvalue weighted by Crippen LogP contribution is -2.48. The van der Waals surface area contributed by atoms with E-state index in [2.05, 4.69) is 10.0 Å². The van der Waals surface area contributed by atoms with Gasteiger partial charge < -0.3 is 16.5 Å². The van der Waals surface area contributed by atoms with Gasteiger partial charge in [-0.3, -0.25) is 0 Å². The van der Waals surface area contributed by atoms with E-state index in [0.29, 0.717) is 5.17 Å². The van der Waals surface area contributed by atoms with Crippen LogP contribution in [0.2, 0.25) is 0 Å². The Balaban J connectivity index is 1.87. The predicted octanol–water partition coefficient (Wildman–Crippen LogP) is 1.17. The molecule has 4 N–H and O–H groups in total. The fourth-order valence-corrected chi connectivity index (χ4v) is 3.85. The molecule has 2 atom stereocenters. The molecule has 0 saturated carbocycles. The van der Waals surface area contributed by atoms with Gasteiger partial charge >= 0.3 is 0 Å². The minimum Gasteiger partial charge on any atom is -0.377 e. The number of nitrogens with zero attached hydrogens (tertiary/aromatic N) is 2. The van der Waals surface area contributed by atoms with E-state index in [0.717, 1.165) is 17.7 Å². The number of hydrogen-bond acceptors (Lipinski definition) is 4. The molecule has 92 valence electrons. The lowest BCUT2D eigenvalue weighted by Gasteiger charge is -2.44. The number of hydrazone groups is 1. The minimum absolute atomic E-state index is 0.521. The van der Waals surface area contributed by atoms with Crippen LogP contribution in [-0.4, -0.2) is 35.0 Å². The quantitative estimate of drug-likeness (QED) is 0.330. The largest absolute Gasteiger partial charge is 0.377 e. The van der Waals surface area contributed by atoms with Crippen LogP contribution in [0.1, 0.15) is 32.1 Å². The van der Waals surface area contributed by atoms with E-state index in [1.807, 2.05) is 0 Å². The van der Waals surface area contributed by atoms with Crippen LogP contribution >= 0.6 is 11.8 Å². The molecule has 0 aromatic rings. The number of hydrogen-bond donors (Lipinski definition) is 2. The molecule has 2 fully saturated rings. The molecule has 2 heterocycles. The zero-order valence-electron chi connectivity index (χ0n) is 9.77. The maximum Gasteiger partial charge on any atom is 0.177 e. The van der Waals surface area contributed by atoms with E-state index in [-0.39, 0.29) is 0 Å². The van der Waals surface area contributed by atoms with Gasteiger partial charge in [0.1, 0.15) is 0 Å². The first-order valence-electron chi connectivity index (χ1n) is 6.21. The highest BCUT2D eigenvalue weighted by Gasteiger charge is 2.32. The molecule has 0 bridgehead atoms. The highest BCUT2D eigenvalue weighted by atomic mass is 32.2. The number of nitrogens with two attached hydrogens (primary N) is 2. The summed E-state index contributed by atoms with van der Waals surface area (Å²) in [5.41, 5.74) is 5.63. The molecule has 0 amide bonds. The van der Waals surface area contributed by atoms with Crippen molar-refractivity contribution in [2.24, 2.45) is 22.6 Å². The summed E-state index contributed by atoms with van der Waals surface area (Å²) in [5.74, 6) is 7.01. The van der Waals surface area contributed by atoms with Gasteiger partial charge in [-0.05, 0) is 44.7 Å². The van der Waals surface area contributed by atoms with Crippen molar-refractivity contribution in [1.82, 2.24) is 4.90 Å². The van der Waals surface area contributed by atoms with Crippen LogP contribution < -0.4 is 11.6 Å². The monoisotopic (exact) mass is 242 g/mol. The number of amidine groups is 1. The van der Waals surface area contributed by atoms with Crippen molar-refractivity contribution in [1.29, 1.82) is 0 Å². The molecule has 0 radical (unpaired) electrons. The van der Waals surface area contributed by atoms with Gasteiger partial charge in [0.15, 0.2) is 5.17 Å². The predicted molar refractivity (Wildman–Crippen MR) is 70.2 cm³/mol. The van der Waals surface area contributed by atoms with Gasteiger partial charge in [-0.25, -0.2) is 0 Å². The molecule has 4 nitrogen and oxygen atoms in total. The van der Waals surface area contributed by atoms with Crippen molar-refractivity contribution >= 4 is 16.9 Å². The smallest absolute Gasteiger partial charge is 0.177 e. The first kappa shape index (κ1) is 12.0. The van der Waals surface area contributed by atoms with Crippen molar-refractivity contribution in [2.75, 3.05) is 18.8 Å². The Bertz CT molecular complexity index is 254. The summed E-state index contributed by atoms with van der Waals surface area (Å²) in [6.45, 7) is 2.60. The van der Waals surface area contributed by atoms with Crippen LogP contribution in [0.3, 0.4) is 0 Å². The summed E-state index contributed by atoms with van der Waals surface area (Å²) >= 11 is 1.61. The topological polar surface area (TPSA) is 67.6 Å². The SMILES string of the molecule is NN=C(N)SC[C@H]1CCCN2CCCC[C@@H]12. The standard InChI is InChI=1S/C11H22N4S/c12-11(14-13)16-8-9-4-3-7-15-6-2-1-5-10(9)15/h9-10H,1-8,13H2,(H2,12,14)/t9-,10+/m1/s1. The highest BCUT2D eigenvalue weighted by molar-refractivity contribution is 8.13. The Morgan fingerprint density at radius 2 is 2.06 bits per heavy atom. The van der Waals surface area contributed by atoms with Gasteiger partial charge in [0, 0.05) is 11.8 Å². The summed E-state index contributed by atoms with van der Waals surface area (Å²) in [7, 11) is 0. The van der Waals surface area contributed by atoms with Gasteiger partial charge in [0.25, 0.3) is 0 Å². The third kappa shape index (κ3) is 2.83. The van der Waals surface area contributed by atoms with Crippen LogP contribution in [0.4, 0.5) is 0 Å². The molecule has 0 spiro atoms. The Morgan fingerprint density at radius 3 is 2.88 bits per heavy atom. The van der Waals surface area contributed by atoms with E-state index in [4.69, 9.17) is 11.6 Å². The van der Waals surface area contributed by atoms with E-state index in [1.165, 1.54) is 45.2 Å². The lowest BCUT2D eigenvalue weighted by molar-refractivity contribution is 0.0694. The Hall–Kier alpha value is -0.420. The van der Waals surface area contributed by atoms with Crippen LogP contribution in [-0.2, 0) is 0 Å². The van der Waals surface area contributed by atoms with Crippen molar-refractivity contribution < 1.29 is 0 Å². The Labute approximate surface area is 102 Å². The molecular formula is C11H22N4S. The van der Waals surface area contributed by atoms with Gasteiger partial charge in [-0.15, -0.1) is 0 Å². The van der Waals surface area contributed by atoms with Gasteiger partial charge in [-0.2, -0.15) is 5.10 Å². The number of thioether (sulfide) groups is 1. The average Bonchev–Trinajstić information content (AvgIpc) is 2.35. The van der Waals surface area contributed by atoms with E-state index in [1.54, 1.807) is 11.8 Å². The van der Waals surface area contributed by atoms with E-state index in [9.17, 15) is 0 Å². The zero-order valence-corrected chi connectivity index (χ0v) is 10.6. The van der Waals surface area contributed by atoms with Crippen LogP contribution in [0.25, 0.3) is 0 Å². The molecule has 0 aromatic carbocycles. The molecule has 0 aliphatic carbocycles. The Kier molecular flexibility index (Phi) is 4.35. The average molecular weight is 242 g/mol. The van der Waals surface area contributed by atoms with Crippen LogP contribution in [0.15, 0.2) is 5.10 Å². The fraction of sp³-hybridized carbons (Fsp3) is 0.909. The number of fused-ring (bicyclic) bond motifs is 1. The Morgan fingerprint density at radius 1 is 1.25 bits per heavy atom. The second-order valence-corrected chi connectivity index (χ2v) is 5.82. The second-order valence-electron chi connectivity index (χ2n) is 4.78. The molecule has 5 heteroatoms. The molecule has 16 heavy (non-hydrogen) atoms. The summed E-state index contributed by atoms with van der Waals surface area (Å²) in [5, 5.41) is 4.04. The molecule has 0 unspecified atom stereocenters. The summed E-state index contributed by atoms with van der Waals surface area (Å²) in [4.78, 5) is 2.67. The van der Waals surface area contributed by atoms with E-state index >= 15 is 0 Å². The van der Waals surface area contributed by atoms with E-state index < -0.39 is 0 Å². The summed E-state index contributed by atoms with van der Waals surface area (Å²) in [6, 6.07) is 0.792. The van der Waals surface area contributed by atoms with Crippen molar-refractivity contribution in [3.63, 3.8) is 0 Å². The highest BCUT2D eigenvalue weighted by Crippen LogP contribution is 2.32. The summed E-state index contributed by atoms with van der Waals surface area (Å²) < 4.78 is 0. The normalized spacial score (nSPS) is 32.4. The molecule has 2 aliphatic rings. The molecule has 2 aliphatic heterocycles. The van der Waals surface area contributed by atoms with Gasteiger partial charge in [0.2, 0.25) is 0 Å². The number of piperidine rings is 2. The van der Waals surface area contributed by atoms with Gasteiger partial charge in [0.05, 0.1) is 0 Å². The van der Waals surface area contributed by atoms with Gasteiger partial charge in [-0.1, -0.05) is 18.2 Å². The lowest BCUT2D eigenvalue weighted by atomic mass is 9.85. The van der Waals surface area contributed by atoms with Crippen LogP contribution in [0, 0.1) is 5.92 Å². The summed E-state index contributed by atoms with van der Waals surface area (Å²) in [6.07, 6.45) is 6.81. The zero-order chi connectivity index (χ0) is 11.4. The molecule has 0 aromatic heterocycles. The fourth-order valence-electron chi connectivity index (χ4n) is 3.00. The van der Waals surface area contributed by atoms with Crippen molar-refractivity contribution in [3.05, 3.63) is 0 Å². The van der Waals surface area contributed by atoms with Crippen molar-refractivity contribution in [2.45, 2.75) is 38.1 Å². The maximum absolute atomic E-state index is 5.63. The first-order valence-corrected chi connectivity index (χ1v) is 7.20. The van der Waals surface area contributed by atoms with Crippen LogP contribution in [0.5, 0.6) is 0 Å². The molecule has 2 rings (SSSR count). The minimum atomic E-state index is 0.521. The molecule has 2 saturated heterocycles. The second kappa shape index (κ2) is 5.77. The third-order valence-corrected chi connectivity index (χ3v) is 4.80. The molecular weight excluding hydrogens is 220 g/mol. The maximum atomic E-state index is 5.63. The van der Waals surface area contributed by atoms with Crippen molar-refractivity contribution in [3.8, 4) is 0 Å². The number of rotatable bonds is 2. The third-order valence-electron chi connectivity index (χ3n) is 3.80.